The number of aromatic nitrogens is 1. The number of benzene rings is 1. The van der Waals surface area contributed by atoms with Gasteiger partial charge in [-0.15, -0.1) is 0 Å². The van der Waals surface area contributed by atoms with Crippen LogP contribution in [0.2, 0.25) is 5.15 Å². The summed E-state index contributed by atoms with van der Waals surface area (Å²) < 4.78 is 89.5. The first-order valence-corrected chi connectivity index (χ1v) is 9.96. The van der Waals surface area contributed by atoms with Crippen molar-refractivity contribution in [1.29, 1.82) is 0 Å². The van der Waals surface area contributed by atoms with Crippen molar-refractivity contribution in [2.24, 2.45) is 0 Å². The number of anilines is 1. The van der Waals surface area contributed by atoms with Gasteiger partial charge in [0.15, 0.2) is 0 Å². The summed E-state index contributed by atoms with van der Waals surface area (Å²) in [5, 5.41) is 2.26. The predicted molar refractivity (Wildman–Crippen MR) is 106 cm³/mol. The van der Waals surface area contributed by atoms with E-state index in [4.69, 9.17) is 16.3 Å². The van der Waals surface area contributed by atoms with Crippen LogP contribution in [0.4, 0.5) is 36.8 Å². The summed E-state index contributed by atoms with van der Waals surface area (Å²) >= 11 is 5.61. The number of carbonyl (C=O) groups excluding carboxylic acids is 1. The number of ether oxygens (including phenoxy) is 2. The molecule has 0 aliphatic carbocycles. The maximum atomic E-state index is 13.5. The number of alkyl halides is 6. The maximum Gasteiger partial charge on any atom is 0.426 e. The number of carbonyl (C=O) groups is 1. The Hall–Kier alpha value is -2.57. The quantitative estimate of drug-likeness (QED) is 0.448. The van der Waals surface area contributed by atoms with Crippen molar-refractivity contribution in [1.82, 2.24) is 9.88 Å². The van der Waals surface area contributed by atoms with Crippen LogP contribution in [0.3, 0.4) is 0 Å². The first-order valence-electron chi connectivity index (χ1n) is 9.59. The minimum atomic E-state index is -4.88. The van der Waals surface area contributed by atoms with Gasteiger partial charge in [0.05, 0.1) is 30.2 Å². The minimum Gasteiger partial charge on any atom is -0.435 e. The molecular formula is C20H18ClF6N3O3. The van der Waals surface area contributed by atoms with Gasteiger partial charge in [-0.2, -0.15) is 26.3 Å². The van der Waals surface area contributed by atoms with Crippen molar-refractivity contribution < 1.29 is 40.6 Å². The van der Waals surface area contributed by atoms with Crippen LogP contribution in [0, 0.1) is 0 Å². The highest BCUT2D eigenvalue weighted by Crippen LogP contribution is 2.33. The van der Waals surface area contributed by atoms with Crippen molar-refractivity contribution >= 4 is 23.4 Å². The molecule has 0 spiro atoms. The molecule has 6 nitrogen and oxygen atoms in total. The predicted octanol–water partition coefficient (Wildman–Crippen LogP) is 5.31. The Labute approximate surface area is 189 Å². The lowest BCUT2D eigenvalue weighted by molar-refractivity contribution is -0.209. The third-order valence-corrected chi connectivity index (χ3v) is 4.97. The fraction of sp³-hybridized carbons (Fsp3) is 0.400. The second-order valence-electron chi connectivity index (χ2n) is 7.17. The van der Waals surface area contributed by atoms with Gasteiger partial charge in [0.1, 0.15) is 5.15 Å². The van der Waals surface area contributed by atoms with Gasteiger partial charge < -0.3 is 9.47 Å². The number of hydrogen-bond donors (Lipinski definition) is 1. The number of rotatable bonds is 5. The number of nitrogens with one attached hydrogen (secondary N) is 1. The zero-order valence-electron chi connectivity index (χ0n) is 16.8. The average Bonchev–Trinajstić information content (AvgIpc) is 2.74. The molecule has 13 heteroatoms. The molecule has 1 fully saturated rings. The Morgan fingerprint density at radius 1 is 1.24 bits per heavy atom. The number of hydrogen-bond acceptors (Lipinski definition) is 5. The van der Waals surface area contributed by atoms with E-state index in [0.717, 1.165) is 18.3 Å². The van der Waals surface area contributed by atoms with E-state index in [1.807, 2.05) is 0 Å². The van der Waals surface area contributed by atoms with Crippen molar-refractivity contribution in [3.8, 4) is 0 Å². The van der Waals surface area contributed by atoms with Crippen LogP contribution in [-0.2, 0) is 15.7 Å². The van der Waals surface area contributed by atoms with Gasteiger partial charge in [0.25, 0.3) is 0 Å². The Bertz CT molecular complexity index is 955. The third-order valence-electron chi connectivity index (χ3n) is 4.75. The van der Waals surface area contributed by atoms with Crippen LogP contribution < -0.4 is 5.32 Å². The van der Waals surface area contributed by atoms with Gasteiger partial charge in [-0.05, 0) is 29.8 Å². The molecule has 0 radical (unpaired) electrons. The smallest absolute Gasteiger partial charge is 0.426 e. The third kappa shape index (κ3) is 7.21. The van der Waals surface area contributed by atoms with Crippen molar-refractivity contribution in [3.05, 3.63) is 58.9 Å². The molecule has 1 aromatic heterocycles. The van der Waals surface area contributed by atoms with E-state index in [1.165, 1.54) is 29.2 Å². The molecule has 2 heterocycles. The Morgan fingerprint density at radius 2 is 2.00 bits per heavy atom. The highest BCUT2D eigenvalue weighted by atomic mass is 35.5. The summed E-state index contributed by atoms with van der Waals surface area (Å²) in [6, 6.07) is 7.08. The molecule has 0 saturated carbocycles. The van der Waals surface area contributed by atoms with E-state index < -0.39 is 42.8 Å². The Morgan fingerprint density at radius 3 is 2.64 bits per heavy atom. The molecular weight excluding hydrogens is 480 g/mol. The normalized spacial score (nSPS) is 18.6. The molecule has 2 atom stereocenters. The van der Waals surface area contributed by atoms with Crippen LogP contribution in [0.5, 0.6) is 0 Å². The monoisotopic (exact) mass is 497 g/mol. The summed E-state index contributed by atoms with van der Waals surface area (Å²) in [4.78, 5) is 17.0. The Balaban J connectivity index is 1.65. The maximum absolute atomic E-state index is 13.5. The molecule has 1 amide bonds. The number of nitrogens with zero attached hydrogens (tertiary/aromatic N) is 2. The van der Waals surface area contributed by atoms with Gasteiger partial charge in [-0.25, -0.2) is 9.78 Å². The van der Waals surface area contributed by atoms with Crippen LogP contribution >= 0.6 is 11.6 Å². The lowest BCUT2D eigenvalue weighted by atomic mass is 10.0. The first kappa shape index (κ1) is 25.1. The number of amides is 1. The largest absolute Gasteiger partial charge is 0.435 e. The standard InChI is InChI=1S/C20H18ClF6N3O3/c21-17-5-4-14(9-28-17)29-18(31)33-16(20(25,26)27)11-30-6-7-32-15(10-30)12-2-1-3-13(8-12)19(22,23)24/h1-5,8-9,15-16H,6-7,10-11H2,(H,29,31)/t15-,16?/m1/s1. The highest BCUT2D eigenvalue weighted by Gasteiger charge is 2.44. The molecule has 1 aliphatic heterocycles. The number of pyridine rings is 1. The summed E-state index contributed by atoms with van der Waals surface area (Å²) in [6.07, 6.45) is -13.0. The zero-order chi connectivity index (χ0) is 24.2. The lowest BCUT2D eigenvalue weighted by Gasteiger charge is -2.35. The Kier molecular flexibility index (Phi) is 7.70. The highest BCUT2D eigenvalue weighted by molar-refractivity contribution is 6.29. The fourth-order valence-electron chi connectivity index (χ4n) is 3.15. The van der Waals surface area contributed by atoms with Crippen molar-refractivity contribution in [2.75, 3.05) is 31.6 Å². The van der Waals surface area contributed by atoms with Crippen molar-refractivity contribution in [3.63, 3.8) is 0 Å². The second-order valence-corrected chi connectivity index (χ2v) is 7.56. The lowest BCUT2D eigenvalue weighted by Crippen LogP contribution is -2.48. The molecule has 1 N–H and O–H groups in total. The molecule has 3 rings (SSSR count). The van der Waals surface area contributed by atoms with Crippen LogP contribution in [0.15, 0.2) is 42.6 Å². The van der Waals surface area contributed by atoms with E-state index in [-0.39, 0.29) is 36.1 Å². The van der Waals surface area contributed by atoms with E-state index >= 15 is 0 Å². The first-order chi connectivity index (χ1) is 15.4. The molecule has 1 saturated heterocycles. The summed E-state index contributed by atoms with van der Waals surface area (Å²) in [5.41, 5.74) is -0.612. The van der Waals surface area contributed by atoms with Crippen molar-refractivity contribution in [2.45, 2.75) is 24.6 Å². The average molecular weight is 498 g/mol. The summed E-state index contributed by atoms with van der Waals surface area (Å²) in [6.45, 7) is -0.753. The van der Waals surface area contributed by atoms with E-state index in [2.05, 4.69) is 15.0 Å². The molecule has 1 aliphatic rings. The molecule has 1 unspecified atom stereocenters. The topological polar surface area (TPSA) is 63.7 Å². The molecule has 1 aromatic carbocycles. The zero-order valence-corrected chi connectivity index (χ0v) is 17.5. The second kappa shape index (κ2) is 10.1. The summed E-state index contributed by atoms with van der Waals surface area (Å²) in [7, 11) is 0. The molecule has 33 heavy (non-hydrogen) atoms. The van der Waals surface area contributed by atoms with E-state index in [9.17, 15) is 31.1 Å². The van der Waals surface area contributed by atoms with Crippen LogP contribution in [0.1, 0.15) is 17.2 Å². The number of morpholine rings is 1. The summed E-state index contributed by atoms with van der Waals surface area (Å²) in [5.74, 6) is 0. The SMILES string of the molecule is O=C(Nc1ccc(Cl)nc1)OC(CN1CCO[C@@H](c2cccc(C(F)(F)F)c2)C1)C(F)(F)F. The van der Waals surface area contributed by atoms with Crippen LogP contribution in [-0.4, -0.2) is 54.5 Å². The van der Waals surface area contributed by atoms with Gasteiger partial charge in [0, 0.05) is 19.6 Å². The minimum absolute atomic E-state index is 0.00582. The fourth-order valence-corrected chi connectivity index (χ4v) is 3.27. The van der Waals surface area contributed by atoms with E-state index in [0.29, 0.717) is 0 Å². The van der Waals surface area contributed by atoms with Crippen LogP contribution in [0.25, 0.3) is 0 Å². The molecule has 0 bridgehead atoms. The number of halogens is 7. The van der Waals surface area contributed by atoms with Gasteiger partial charge in [-0.1, -0.05) is 23.7 Å². The molecule has 2 aromatic rings. The van der Waals surface area contributed by atoms with Gasteiger partial charge >= 0.3 is 18.4 Å². The van der Waals surface area contributed by atoms with Gasteiger partial charge in [-0.3, -0.25) is 10.2 Å². The molecule has 180 valence electrons. The van der Waals surface area contributed by atoms with Gasteiger partial charge in [0.2, 0.25) is 6.10 Å². The van der Waals surface area contributed by atoms with E-state index in [1.54, 1.807) is 0 Å².